The van der Waals surface area contributed by atoms with E-state index in [2.05, 4.69) is 5.32 Å². The van der Waals surface area contributed by atoms with E-state index in [9.17, 15) is 13.2 Å². The molecule has 0 aliphatic rings. The first-order valence-corrected chi connectivity index (χ1v) is 6.03. The molecular formula is C13H19F3N2. The van der Waals surface area contributed by atoms with Gasteiger partial charge in [0.1, 0.15) is 0 Å². The molecule has 0 aromatic heterocycles. The Kier molecular flexibility index (Phi) is 5.02. The van der Waals surface area contributed by atoms with Crippen molar-refractivity contribution in [3.8, 4) is 0 Å². The molecule has 0 saturated carbocycles. The quantitative estimate of drug-likeness (QED) is 0.874. The number of hydrogen-bond acceptors (Lipinski definition) is 2. The van der Waals surface area contributed by atoms with Gasteiger partial charge in [0.15, 0.2) is 0 Å². The number of nitrogens with zero attached hydrogens (tertiary/aromatic N) is 1. The third-order valence-electron chi connectivity index (χ3n) is 2.88. The van der Waals surface area contributed by atoms with E-state index in [1.165, 1.54) is 6.07 Å². The SMILES string of the molecule is CCN(CC)c1cc(C(F)(F)F)ccc1CNC. The van der Waals surface area contributed by atoms with Crippen LogP contribution in [0.2, 0.25) is 0 Å². The van der Waals surface area contributed by atoms with Crippen LogP contribution in [0.3, 0.4) is 0 Å². The first-order valence-electron chi connectivity index (χ1n) is 6.03. The van der Waals surface area contributed by atoms with Gasteiger partial charge in [-0.3, -0.25) is 0 Å². The lowest BCUT2D eigenvalue weighted by atomic mass is 10.1. The Bertz CT molecular complexity index is 384. The van der Waals surface area contributed by atoms with Crippen molar-refractivity contribution in [1.82, 2.24) is 5.32 Å². The predicted molar refractivity (Wildman–Crippen MR) is 67.8 cm³/mol. The lowest BCUT2D eigenvalue weighted by molar-refractivity contribution is -0.137. The molecule has 5 heteroatoms. The summed E-state index contributed by atoms with van der Waals surface area (Å²) in [6.07, 6.45) is -4.29. The van der Waals surface area contributed by atoms with Gasteiger partial charge < -0.3 is 10.2 Å². The molecule has 0 amide bonds. The van der Waals surface area contributed by atoms with E-state index in [1.54, 1.807) is 13.1 Å². The molecule has 0 fully saturated rings. The minimum absolute atomic E-state index is 0.559. The van der Waals surface area contributed by atoms with Crippen LogP contribution >= 0.6 is 0 Å². The number of rotatable bonds is 5. The summed E-state index contributed by atoms with van der Waals surface area (Å²) >= 11 is 0. The van der Waals surface area contributed by atoms with Crippen LogP contribution in [0.1, 0.15) is 25.0 Å². The monoisotopic (exact) mass is 260 g/mol. The summed E-state index contributed by atoms with van der Waals surface area (Å²) in [5, 5.41) is 2.98. The van der Waals surface area contributed by atoms with Gasteiger partial charge in [-0.1, -0.05) is 6.07 Å². The van der Waals surface area contributed by atoms with Gasteiger partial charge in [0.25, 0.3) is 0 Å². The summed E-state index contributed by atoms with van der Waals surface area (Å²) in [6, 6.07) is 3.92. The van der Waals surface area contributed by atoms with Crippen LogP contribution in [0.15, 0.2) is 18.2 Å². The van der Waals surface area contributed by atoms with Crippen LogP contribution in [0.4, 0.5) is 18.9 Å². The second-order valence-electron chi connectivity index (χ2n) is 4.04. The molecule has 1 aromatic carbocycles. The van der Waals surface area contributed by atoms with Crippen molar-refractivity contribution < 1.29 is 13.2 Å². The summed E-state index contributed by atoms with van der Waals surface area (Å²) < 4.78 is 38.2. The largest absolute Gasteiger partial charge is 0.416 e. The molecule has 0 spiro atoms. The van der Waals surface area contributed by atoms with Gasteiger partial charge in [-0.15, -0.1) is 0 Å². The fourth-order valence-corrected chi connectivity index (χ4v) is 1.94. The summed E-state index contributed by atoms with van der Waals surface area (Å²) in [5.74, 6) is 0. The fraction of sp³-hybridized carbons (Fsp3) is 0.538. The van der Waals surface area contributed by atoms with Crippen LogP contribution in [-0.2, 0) is 12.7 Å². The number of anilines is 1. The van der Waals surface area contributed by atoms with Gasteiger partial charge in [0.2, 0.25) is 0 Å². The second kappa shape index (κ2) is 6.09. The Labute approximate surface area is 106 Å². The van der Waals surface area contributed by atoms with E-state index in [0.717, 1.165) is 11.6 Å². The van der Waals surface area contributed by atoms with Crippen LogP contribution in [0, 0.1) is 0 Å². The second-order valence-corrected chi connectivity index (χ2v) is 4.04. The van der Waals surface area contributed by atoms with Gasteiger partial charge in [0.05, 0.1) is 5.56 Å². The van der Waals surface area contributed by atoms with E-state index >= 15 is 0 Å². The normalized spacial score (nSPS) is 11.7. The van der Waals surface area contributed by atoms with E-state index in [0.29, 0.717) is 25.3 Å². The molecule has 0 bridgehead atoms. The highest BCUT2D eigenvalue weighted by Crippen LogP contribution is 2.33. The van der Waals surface area contributed by atoms with Crippen molar-refractivity contribution in [3.63, 3.8) is 0 Å². The maximum Gasteiger partial charge on any atom is 0.416 e. The lowest BCUT2D eigenvalue weighted by Gasteiger charge is -2.25. The van der Waals surface area contributed by atoms with Crippen LogP contribution in [0.25, 0.3) is 0 Å². The zero-order valence-corrected chi connectivity index (χ0v) is 10.9. The number of alkyl halides is 3. The summed E-state index contributed by atoms with van der Waals surface area (Å²) in [5.41, 5.74) is 0.947. The van der Waals surface area contributed by atoms with Gasteiger partial charge in [-0.05, 0) is 38.6 Å². The van der Waals surface area contributed by atoms with Crippen LogP contribution in [-0.4, -0.2) is 20.1 Å². The Morgan fingerprint density at radius 2 is 1.78 bits per heavy atom. The van der Waals surface area contributed by atoms with Crippen LogP contribution < -0.4 is 10.2 Å². The molecule has 0 saturated heterocycles. The summed E-state index contributed by atoms with van der Waals surface area (Å²) in [7, 11) is 1.78. The highest BCUT2D eigenvalue weighted by molar-refractivity contribution is 5.56. The first kappa shape index (κ1) is 14.8. The van der Waals surface area contributed by atoms with Gasteiger partial charge in [-0.2, -0.15) is 13.2 Å². The Balaban J connectivity index is 3.23. The Morgan fingerprint density at radius 3 is 2.22 bits per heavy atom. The summed E-state index contributed by atoms with van der Waals surface area (Å²) in [4.78, 5) is 1.93. The highest BCUT2D eigenvalue weighted by Gasteiger charge is 2.31. The first-order chi connectivity index (χ1) is 8.43. The lowest BCUT2D eigenvalue weighted by Crippen LogP contribution is -2.25. The van der Waals surface area contributed by atoms with Crippen molar-refractivity contribution in [3.05, 3.63) is 29.3 Å². The number of hydrogen-bond donors (Lipinski definition) is 1. The molecule has 102 valence electrons. The van der Waals surface area contributed by atoms with Gasteiger partial charge in [-0.25, -0.2) is 0 Å². The summed E-state index contributed by atoms with van der Waals surface area (Å²) in [6.45, 7) is 5.81. The molecular weight excluding hydrogens is 241 g/mol. The highest BCUT2D eigenvalue weighted by atomic mass is 19.4. The molecule has 18 heavy (non-hydrogen) atoms. The smallest absolute Gasteiger partial charge is 0.372 e. The average molecular weight is 260 g/mol. The van der Waals surface area contributed by atoms with Crippen molar-refractivity contribution in [2.45, 2.75) is 26.6 Å². The Hall–Kier alpha value is -1.23. The Morgan fingerprint density at radius 1 is 1.17 bits per heavy atom. The average Bonchev–Trinajstić information content (AvgIpc) is 2.31. The molecule has 0 radical (unpaired) electrons. The maximum atomic E-state index is 12.7. The van der Waals surface area contributed by atoms with Crippen LogP contribution in [0.5, 0.6) is 0 Å². The molecule has 1 N–H and O–H groups in total. The van der Waals surface area contributed by atoms with Crippen molar-refractivity contribution >= 4 is 5.69 Å². The number of benzene rings is 1. The molecule has 2 nitrogen and oxygen atoms in total. The standard InChI is InChI=1S/C13H19F3N2/c1-4-18(5-2)12-8-11(13(14,15)16)7-6-10(12)9-17-3/h6-8,17H,4-5,9H2,1-3H3. The molecule has 0 heterocycles. The zero-order valence-electron chi connectivity index (χ0n) is 10.9. The molecule has 0 aliphatic carbocycles. The number of halogens is 3. The topological polar surface area (TPSA) is 15.3 Å². The van der Waals surface area contributed by atoms with Crippen molar-refractivity contribution in [1.29, 1.82) is 0 Å². The molecule has 0 atom stereocenters. The number of nitrogens with one attached hydrogen (secondary N) is 1. The minimum atomic E-state index is -4.29. The van der Waals surface area contributed by atoms with E-state index in [4.69, 9.17) is 0 Å². The van der Waals surface area contributed by atoms with Crippen molar-refractivity contribution in [2.24, 2.45) is 0 Å². The van der Waals surface area contributed by atoms with Crippen molar-refractivity contribution in [2.75, 3.05) is 25.0 Å². The third kappa shape index (κ3) is 3.38. The molecule has 1 aromatic rings. The molecule has 0 aliphatic heterocycles. The van der Waals surface area contributed by atoms with Gasteiger partial charge >= 0.3 is 6.18 Å². The maximum absolute atomic E-state index is 12.7. The molecule has 0 unspecified atom stereocenters. The van der Waals surface area contributed by atoms with Gasteiger partial charge in [0, 0.05) is 25.3 Å². The van der Waals surface area contributed by atoms with E-state index < -0.39 is 11.7 Å². The molecule has 1 rings (SSSR count). The predicted octanol–water partition coefficient (Wildman–Crippen LogP) is 3.27. The zero-order chi connectivity index (χ0) is 13.8. The third-order valence-corrected chi connectivity index (χ3v) is 2.88. The minimum Gasteiger partial charge on any atom is -0.372 e. The van der Waals surface area contributed by atoms with E-state index in [-0.39, 0.29) is 0 Å². The fourth-order valence-electron chi connectivity index (χ4n) is 1.94. The van der Waals surface area contributed by atoms with E-state index in [1.807, 2.05) is 18.7 Å².